The number of hydrogen-bond donors (Lipinski definition) is 4. The largest absolute Gasteiger partial charge is 0.463 e. The van der Waals surface area contributed by atoms with Crippen LogP contribution in [0, 0.1) is 0 Å². The van der Waals surface area contributed by atoms with Gasteiger partial charge in [0.15, 0.2) is 0 Å². The van der Waals surface area contributed by atoms with Gasteiger partial charge >= 0.3 is 23.8 Å². The summed E-state index contributed by atoms with van der Waals surface area (Å²) in [6.45, 7) is -0.469. The first-order valence-corrected chi connectivity index (χ1v) is 13.2. The van der Waals surface area contributed by atoms with E-state index in [1.165, 1.54) is 21.6 Å². The third-order valence-corrected chi connectivity index (χ3v) is 7.97. The number of piperidine rings is 1. The standard InChI is InChI=1S/C19H25N3O11S2/c23-10-3-4-11(24)22(10)33-13(26)2-1-6-34-35-7-5-12(25)32-8-9-14(27)15(28)16(29)17-20-18(30)19(31)21(9)17/h9,14-17,27-29H,1-8H2,(H,20,30)/t9-,14-,15+,16+,17+/m1/s1. The number of aliphatic hydroxyl groups excluding tert-OH is 3. The van der Waals surface area contributed by atoms with Crippen molar-refractivity contribution < 1.29 is 53.7 Å². The highest BCUT2D eigenvalue weighted by Gasteiger charge is 2.55. The molecule has 0 spiro atoms. The first-order chi connectivity index (χ1) is 16.6. The van der Waals surface area contributed by atoms with Crippen LogP contribution in [0.25, 0.3) is 0 Å². The molecule has 194 valence electrons. The van der Waals surface area contributed by atoms with Crippen molar-refractivity contribution in [3.63, 3.8) is 0 Å². The summed E-state index contributed by atoms with van der Waals surface area (Å²) in [6, 6.07) is -1.21. The van der Waals surface area contributed by atoms with Crippen molar-refractivity contribution in [3.05, 3.63) is 0 Å². The van der Waals surface area contributed by atoms with Gasteiger partial charge in [0, 0.05) is 30.8 Å². The maximum Gasteiger partial charge on any atom is 0.333 e. The molecule has 0 saturated carbocycles. The zero-order valence-corrected chi connectivity index (χ0v) is 20.0. The van der Waals surface area contributed by atoms with Gasteiger partial charge in [0.25, 0.3) is 11.8 Å². The average molecular weight is 536 g/mol. The van der Waals surface area contributed by atoms with E-state index < -0.39 is 72.7 Å². The summed E-state index contributed by atoms with van der Waals surface area (Å²) in [5, 5.41) is 32.9. The number of hydrogen-bond acceptors (Lipinski definition) is 13. The molecule has 5 atom stereocenters. The molecule has 3 aliphatic rings. The van der Waals surface area contributed by atoms with Gasteiger partial charge in [-0.2, -0.15) is 0 Å². The number of hydroxylamine groups is 2. The Labute approximate surface area is 207 Å². The van der Waals surface area contributed by atoms with Crippen LogP contribution in [0.1, 0.15) is 32.1 Å². The van der Waals surface area contributed by atoms with Crippen LogP contribution in [0.4, 0.5) is 0 Å². The van der Waals surface area contributed by atoms with Gasteiger partial charge in [0.1, 0.15) is 31.1 Å². The molecule has 4 N–H and O–H groups in total. The van der Waals surface area contributed by atoms with Crippen LogP contribution in [-0.4, -0.2) is 109 Å². The number of fused-ring (bicyclic) bond motifs is 1. The molecule has 3 fully saturated rings. The number of esters is 1. The van der Waals surface area contributed by atoms with E-state index in [2.05, 4.69) is 5.32 Å². The second kappa shape index (κ2) is 12.0. The van der Waals surface area contributed by atoms with E-state index in [1.54, 1.807) is 0 Å². The van der Waals surface area contributed by atoms with Crippen LogP contribution in [-0.2, 0) is 38.3 Å². The number of imide groups is 1. The van der Waals surface area contributed by atoms with Crippen LogP contribution >= 0.6 is 21.6 Å². The Morgan fingerprint density at radius 2 is 1.57 bits per heavy atom. The Balaban J connectivity index is 1.29. The van der Waals surface area contributed by atoms with E-state index in [9.17, 15) is 44.1 Å². The summed E-state index contributed by atoms with van der Waals surface area (Å²) in [7, 11) is 2.74. The van der Waals surface area contributed by atoms with Crippen molar-refractivity contribution in [1.82, 2.24) is 15.3 Å². The minimum absolute atomic E-state index is 0.00143. The highest BCUT2D eigenvalue weighted by atomic mass is 33.1. The summed E-state index contributed by atoms with van der Waals surface area (Å²) in [4.78, 5) is 75.8. The van der Waals surface area contributed by atoms with Crippen LogP contribution in [0.15, 0.2) is 0 Å². The smallest absolute Gasteiger partial charge is 0.333 e. The van der Waals surface area contributed by atoms with E-state index in [0.29, 0.717) is 23.0 Å². The molecule has 0 radical (unpaired) electrons. The lowest BCUT2D eigenvalue weighted by atomic mass is 9.92. The molecule has 0 unspecified atom stereocenters. The number of amides is 4. The zero-order valence-electron chi connectivity index (χ0n) is 18.4. The predicted molar refractivity (Wildman–Crippen MR) is 117 cm³/mol. The fourth-order valence-electron chi connectivity index (χ4n) is 3.65. The lowest BCUT2D eigenvalue weighted by molar-refractivity contribution is -0.197. The topological polar surface area (TPSA) is 200 Å². The molecule has 0 aliphatic carbocycles. The van der Waals surface area contributed by atoms with Crippen LogP contribution < -0.4 is 5.32 Å². The SMILES string of the molecule is O=C(CCSSCCCC(=O)ON1C(=O)CCC1=O)OC[C@@H]1[C@@H](O)[C@H](O)[C@H](O)[C@H]2NC(=O)C(=O)N12. The van der Waals surface area contributed by atoms with Gasteiger partial charge in [-0.25, -0.2) is 4.79 Å². The first kappa shape index (κ1) is 27.2. The third-order valence-electron chi connectivity index (χ3n) is 5.48. The fourth-order valence-corrected chi connectivity index (χ4v) is 5.71. The highest BCUT2D eigenvalue weighted by molar-refractivity contribution is 8.76. The summed E-state index contributed by atoms with van der Waals surface area (Å²) < 4.78 is 5.10. The normalized spacial score (nSPS) is 28.3. The quantitative estimate of drug-likeness (QED) is 0.0708. The van der Waals surface area contributed by atoms with Crippen molar-refractivity contribution in [3.8, 4) is 0 Å². The van der Waals surface area contributed by atoms with E-state index in [1.807, 2.05) is 0 Å². The molecule has 0 aromatic rings. The highest BCUT2D eigenvalue weighted by Crippen LogP contribution is 2.27. The van der Waals surface area contributed by atoms with Gasteiger partial charge in [-0.1, -0.05) is 21.6 Å². The van der Waals surface area contributed by atoms with Crippen LogP contribution in [0.2, 0.25) is 0 Å². The number of carbonyl (C=O) groups is 6. The Morgan fingerprint density at radius 3 is 2.26 bits per heavy atom. The molecular weight excluding hydrogens is 510 g/mol. The fraction of sp³-hybridized carbons (Fsp3) is 0.684. The third kappa shape index (κ3) is 6.43. The lowest BCUT2D eigenvalue weighted by Crippen LogP contribution is -2.68. The van der Waals surface area contributed by atoms with E-state index >= 15 is 0 Å². The van der Waals surface area contributed by atoms with Crippen molar-refractivity contribution >= 4 is 57.2 Å². The van der Waals surface area contributed by atoms with Gasteiger partial charge in [-0.05, 0) is 6.42 Å². The van der Waals surface area contributed by atoms with E-state index in [4.69, 9.17) is 9.57 Å². The van der Waals surface area contributed by atoms with E-state index in [-0.39, 0.29) is 25.7 Å². The second-order valence-electron chi connectivity index (χ2n) is 7.90. The summed E-state index contributed by atoms with van der Waals surface area (Å²) in [6.07, 6.45) is -5.57. The number of rotatable bonds is 11. The molecule has 3 saturated heterocycles. The van der Waals surface area contributed by atoms with Crippen molar-refractivity contribution in [1.29, 1.82) is 0 Å². The molecule has 4 amide bonds. The molecule has 16 heteroatoms. The average Bonchev–Trinajstić information content (AvgIpc) is 3.30. The second-order valence-corrected chi connectivity index (χ2v) is 10.6. The Morgan fingerprint density at radius 1 is 0.914 bits per heavy atom. The molecule has 3 aliphatic heterocycles. The molecule has 14 nitrogen and oxygen atoms in total. The Hall–Kier alpha value is -2.40. The van der Waals surface area contributed by atoms with Gasteiger partial charge < -0.3 is 35.1 Å². The minimum Gasteiger partial charge on any atom is -0.463 e. The van der Waals surface area contributed by atoms with E-state index in [0.717, 1.165) is 4.90 Å². The summed E-state index contributed by atoms with van der Waals surface area (Å²) in [5.41, 5.74) is 0. The molecule has 3 rings (SSSR count). The van der Waals surface area contributed by atoms with Crippen LogP contribution in [0.3, 0.4) is 0 Å². The molecule has 35 heavy (non-hydrogen) atoms. The Bertz CT molecular complexity index is 872. The molecule has 0 aromatic heterocycles. The maximum absolute atomic E-state index is 12.0. The maximum atomic E-state index is 12.0. The number of ether oxygens (including phenoxy) is 1. The summed E-state index contributed by atoms with van der Waals surface area (Å²) >= 11 is 0. The van der Waals surface area contributed by atoms with Gasteiger partial charge in [0.2, 0.25) is 0 Å². The number of nitrogens with zero attached hydrogens (tertiary/aromatic N) is 2. The number of aliphatic hydroxyl groups is 3. The first-order valence-electron chi connectivity index (χ1n) is 10.8. The van der Waals surface area contributed by atoms with Gasteiger partial charge in [0.05, 0.1) is 12.5 Å². The van der Waals surface area contributed by atoms with Crippen molar-refractivity contribution in [2.45, 2.75) is 62.6 Å². The van der Waals surface area contributed by atoms with Gasteiger partial charge in [-0.15, -0.1) is 5.06 Å². The minimum atomic E-state index is -1.65. The number of carbonyl (C=O) groups excluding carboxylic acids is 6. The monoisotopic (exact) mass is 535 g/mol. The zero-order chi connectivity index (χ0) is 25.7. The molecular formula is C19H25N3O11S2. The molecule has 0 bridgehead atoms. The summed E-state index contributed by atoms with van der Waals surface area (Å²) in [5.74, 6) is -3.47. The Kier molecular flexibility index (Phi) is 9.34. The van der Waals surface area contributed by atoms with Gasteiger partial charge in [-0.3, -0.25) is 24.0 Å². The van der Waals surface area contributed by atoms with Crippen LogP contribution in [0.5, 0.6) is 0 Å². The van der Waals surface area contributed by atoms with Crippen molar-refractivity contribution in [2.75, 3.05) is 18.1 Å². The predicted octanol–water partition coefficient (Wildman–Crippen LogP) is -2.56. The molecule has 3 heterocycles. The lowest BCUT2D eigenvalue weighted by Gasteiger charge is -2.44. The molecule has 0 aromatic carbocycles. The van der Waals surface area contributed by atoms with Crippen molar-refractivity contribution in [2.24, 2.45) is 0 Å². The number of nitrogens with one attached hydrogen (secondary N) is 1.